The second-order valence-electron chi connectivity index (χ2n) is 15.4. The van der Waals surface area contributed by atoms with Gasteiger partial charge in [0.05, 0.1) is 22.1 Å². The van der Waals surface area contributed by atoms with Crippen molar-refractivity contribution in [3.05, 3.63) is 217 Å². The van der Waals surface area contributed by atoms with Crippen molar-refractivity contribution in [1.82, 2.24) is 9.13 Å². The Morgan fingerprint density at radius 2 is 0.552 bits per heavy atom. The van der Waals surface area contributed by atoms with Gasteiger partial charge in [-0.15, -0.1) is 0 Å². The highest BCUT2D eigenvalue weighted by Gasteiger charge is 2.25. The van der Waals surface area contributed by atoms with E-state index in [2.05, 4.69) is 229 Å². The van der Waals surface area contributed by atoms with E-state index in [4.69, 9.17) is 0 Å². The molecule has 0 bridgehead atoms. The van der Waals surface area contributed by atoms with E-state index in [0.29, 0.717) is 0 Å². The quantitative estimate of drug-likeness (QED) is 0.161. The molecule has 0 fully saturated rings. The summed E-state index contributed by atoms with van der Waals surface area (Å²) in [5, 5.41) is 5.09. The van der Waals surface area contributed by atoms with Gasteiger partial charge in [-0.1, -0.05) is 158 Å². The van der Waals surface area contributed by atoms with Gasteiger partial charge in [0.15, 0.2) is 0 Å². The lowest BCUT2D eigenvalue weighted by Crippen LogP contribution is -2.00. The molecular weight excluding hydrogens is 701 g/mol. The lowest BCUT2D eigenvalue weighted by atomic mass is 9.97. The van der Waals surface area contributed by atoms with Gasteiger partial charge in [-0.25, -0.2) is 0 Å². The summed E-state index contributed by atoms with van der Waals surface area (Å²) in [6, 6.07) is 75.2. The zero-order chi connectivity index (χ0) is 38.7. The Kier molecular flexibility index (Phi) is 7.97. The molecule has 2 nitrogen and oxygen atoms in total. The van der Waals surface area contributed by atoms with Crippen molar-refractivity contribution in [3.63, 3.8) is 0 Å². The number of nitrogens with zero attached hydrogens (tertiary/aromatic N) is 2. The van der Waals surface area contributed by atoms with Crippen LogP contribution in [0.15, 0.2) is 206 Å². The minimum absolute atomic E-state index is 1.15. The molecule has 2 aromatic heterocycles. The summed E-state index contributed by atoms with van der Waals surface area (Å²) in [7, 11) is 0. The molecule has 0 saturated heterocycles. The fraction of sp³-hybridized carbons (Fsp3) is 0.0357. The van der Waals surface area contributed by atoms with Crippen molar-refractivity contribution in [2.45, 2.75) is 13.8 Å². The first kappa shape index (κ1) is 33.9. The normalized spacial score (nSPS) is 11.6. The molecular formula is C56H40N2. The zero-order valence-corrected chi connectivity index (χ0v) is 32.5. The molecule has 0 spiro atoms. The molecule has 11 aromatic rings. The molecule has 274 valence electrons. The number of hydrogen-bond acceptors (Lipinski definition) is 0. The summed E-state index contributed by atoms with van der Waals surface area (Å²) in [5.74, 6) is 0. The van der Waals surface area contributed by atoms with Gasteiger partial charge < -0.3 is 9.13 Å². The monoisotopic (exact) mass is 740 g/mol. The van der Waals surface area contributed by atoms with E-state index in [0.717, 1.165) is 11.4 Å². The van der Waals surface area contributed by atoms with Gasteiger partial charge >= 0.3 is 0 Å². The Morgan fingerprint density at radius 1 is 0.276 bits per heavy atom. The molecule has 0 aliphatic carbocycles. The Hall–Kier alpha value is -7.42. The summed E-state index contributed by atoms with van der Waals surface area (Å²) in [5.41, 5.74) is 19.4. The van der Waals surface area contributed by atoms with Crippen LogP contribution in [0.3, 0.4) is 0 Å². The van der Waals surface area contributed by atoms with Gasteiger partial charge in [-0.3, -0.25) is 0 Å². The smallest absolute Gasteiger partial charge is 0.0580 e. The minimum Gasteiger partial charge on any atom is -0.309 e. The Labute approximate surface area is 338 Å². The second kappa shape index (κ2) is 13.7. The van der Waals surface area contributed by atoms with Crippen molar-refractivity contribution in [3.8, 4) is 55.9 Å². The first-order valence-corrected chi connectivity index (χ1v) is 20.1. The van der Waals surface area contributed by atoms with Gasteiger partial charge in [-0.05, 0) is 118 Å². The maximum Gasteiger partial charge on any atom is 0.0580 e. The SMILES string of the molecule is Cc1c2c3ccccc3n(-c3cc(-c4ccccc4)cc(-c4ccccc4)c3)c2c(C)c2c3ccccc3n(-c3cc(-c4ccccc4)cc(-c4ccccc4)c3)c12. The summed E-state index contributed by atoms with van der Waals surface area (Å²) in [6.45, 7) is 4.68. The number of para-hydroxylation sites is 2. The predicted molar refractivity (Wildman–Crippen MR) is 246 cm³/mol. The molecule has 2 heterocycles. The molecule has 0 radical (unpaired) electrons. The molecule has 11 rings (SSSR count). The van der Waals surface area contributed by atoms with E-state index < -0.39 is 0 Å². The third kappa shape index (κ3) is 5.41. The largest absolute Gasteiger partial charge is 0.309 e. The molecule has 9 aromatic carbocycles. The van der Waals surface area contributed by atoms with E-state index in [1.165, 1.54) is 99.2 Å². The topological polar surface area (TPSA) is 9.86 Å². The van der Waals surface area contributed by atoms with Crippen LogP contribution in [0.2, 0.25) is 0 Å². The fourth-order valence-electron chi connectivity index (χ4n) is 9.39. The maximum atomic E-state index is 2.53. The molecule has 0 aliphatic heterocycles. The van der Waals surface area contributed by atoms with Crippen LogP contribution in [0.1, 0.15) is 11.1 Å². The standard InChI is InChI=1S/C56H40N2/c1-37-53-49-27-15-17-29-51(49)58(48-35-45(41-23-11-5-12-24-41)32-46(36-48)42-25-13-6-14-26-42)56(53)38(2)54-50-28-16-18-30-52(50)57(55(37)54)47-33-43(39-19-7-3-8-20-39)31-44(34-47)40-21-9-4-10-22-40/h3-36H,1-2H3. The van der Waals surface area contributed by atoms with Gasteiger partial charge in [-0.2, -0.15) is 0 Å². The van der Waals surface area contributed by atoms with Crippen LogP contribution in [0.5, 0.6) is 0 Å². The lowest BCUT2D eigenvalue weighted by molar-refractivity contribution is 1.16. The highest BCUT2D eigenvalue weighted by Crippen LogP contribution is 2.46. The van der Waals surface area contributed by atoms with E-state index >= 15 is 0 Å². The average molecular weight is 741 g/mol. The third-order valence-corrected chi connectivity index (χ3v) is 12.0. The Balaban J connectivity index is 1.26. The zero-order valence-electron chi connectivity index (χ0n) is 32.5. The first-order chi connectivity index (χ1) is 28.6. The van der Waals surface area contributed by atoms with Gasteiger partial charge in [0.1, 0.15) is 0 Å². The van der Waals surface area contributed by atoms with Crippen LogP contribution in [0.4, 0.5) is 0 Å². The molecule has 0 atom stereocenters. The Bertz CT molecular complexity index is 2980. The van der Waals surface area contributed by atoms with Crippen LogP contribution in [-0.2, 0) is 0 Å². The summed E-state index contributed by atoms with van der Waals surface area (Å²) in [6.07, 6.45) is 0. The summed E-state index contributed by atoms with van der Waals surface area (Å²) in [4.78, 5) is 0. The number of aryl methyl sites for hydroxylation is 2. The van der Waals surface area contributed by atoms with Crippen molar-refractivity contribution >= 4 is 43.6 Å². The molecule has 0 saturated carbocycles. The number of rotatable bonds is 6. The van der Waals surface area contributed by atoms with E-state index in [9.17, 15) is 0 Å². The van der Waals surface area contributed by atoms with Crippen molar-refractivity contribution in [2.24, 2.45) is 0 Å². The minimum atomic E-state index is 1.15. The second-order valence-corrected chi connectivity index (χ2v) is 15.4. The van der Waals surface area contributed by atoms with Crippen LogP contribution < -0.4 is 0 Å². The number of benzene rings is 9. The highest BCUT2D eigenvalue weighted by molar-refractivity contribution is 6.23. The maximum absolute atomic E-state index is 2.53. The number of hydrogen-bond donors (Lipinski definition) is 0. The third-order valence-electron chi connectivity index (χ3n) is 12.0. The van der Waals surface area contributed by atoms with Crippen molar-refractivity contribution in [1.29, 1.82) is 0 Å². The number of aromatic nitrogens is 2. The van der Waals surface area contributed by atoms with Gasteiger partial charge in [0.25, 0.3) is 0 Å². The lowest BCUT2D eigenvalue weighted by Gasteiger charge is -2.17. The molecule has 0 unspecified atom stereocenters. The molecule has 0 N–H and O–H groups in total. The van der Waals surface area contributed by atoms with Crippen LogP contribution >= 0.6 is 0 Å². The first-order valence-electron chi connectivity index (χ1n) is 20.1. The van der Waals surface area contributed by atoms with Gasteiger partial charge in [0.2, 0.25) is 0 Å². The van der Waals surface area contributed by atoms with Crippen LogP contribution in [0, 0.1) is 13.8 Å². The van der Waals surface area contributed by atoms with Crippen LogP contribution in [-0.4, -0.2) is 9.13 Å². The van der Waals surface area contributed by atoms with Crippen molar-refractivity contribution < 1.29 is 0 Å². The van der Waals surface area contributed by atoms with E-state index in [1.54, 1.807) is 0 Å². The van der Waals surface area contributed by atoms with Gasteiger partial charge in [0, 0.05) is 32.9 Å². The Morgan fingerprint density at radius 3 is 0.862 bits per heavy atom. The highest BCUT2D eigenvalue weighted by atomic mass is 15.0. The molecule has 0 aliphatic rings. The number of fused-ring (bicyclic) bond motifs is 6. The summed E-state index contributed by atoms with van der Waals surface area (Å²) < 4.78 is 5.06. The summed E-state index contributed by atoms with van der Waals surface area (Å²) >= 11 is 0. The molecule has 2 heteroatoms. The average Bonchev–Trinajstić information content (AvgIpc) is 3.84. The predicted octanol–water partition coefficient (Wildman–Crippen LogP) is 15.2. The fourth-order valence-corrected chi connectivity index (χ4v) is 9.39. The van der Waals surface area contributed by atoms with Crippen molar-refractivity contribution in [2.75, 3.05) is 0 Å². The molecule has 0 amide bonds. The van der Waals surface area contributed by atoms with E-state index in [1.807, 2.05) is 0 Å². The molecule has 58 heavy (non-hydrogen) atoms. The van der Waals surface area contributed by atoms with Crippen LogP contribution in [0.25, 0.3) is 99.5 Å². The van der Waals surface area contributed by atoms with E-state index in [-0.39, 0.29) is 0 Å².